The summed E-state index contributed by atoms with van der Waals surface area (Å²) in [5.41, 5.74) is 3.14. The fourth-order valence-corrected chi connectivity index (χ4v) is 4.65. The van der Waals surface area contributed by atoms with Crippen LogP contribution in [-0.2, 0) is 13.1 Å². The van der Waals surface area contributed by atoms with Gasteiger partial charge in [-0.2, -0.15) is 5.10 Å². The lowest BCUT2D eigenvalue weighted by atomic mass is 9.94. The molecule has 5 heteroatoms. The molecule has 0 unspecified atom stereocenters. The van der Waals surface area contributed by atoms with Gasteiger partial charge in [0.05, 0.1) is 11.8 Å². The van der Waals surface area contributed by atoms with Gasteiger partial charge in [-0.15, -0.1) is 0 Å². The zero-order valence-corrected chi connectivity index (χ0v) is 16.5. The van der Waals surface area contributed by atoms with E-state index in [4.69, 9.17) is 0 Å². The van der Waals surface area contributed by atoms with Crippen LogP contribution in [0.2, 0.25) is 0 Å². The Hall–Kier alpha value is -2.14. The zero-order chi connectivity index (χ0) is 18.8. The summed E-state index contributed by atoms with van der Waals surface area (Å²) in [6.45, 7) is 8.94. The van der Waals surface area contributed by atoms with Crippen LogP contribution in [0.25, 0.3) is 0 Å². The van der Waals surface area contributed by atoms with E-state index in [2.05, 4.69) is 52.2 Å². The Morgan fingerprint density at radius 3 is 2.74 bits per heavy atom. The number of hydrogen-bond donors (Lipinski definition) is 0. The topological polar surface area (TPSA) is 41.4 Å². The van der Waals surface area contributed by atoms with Crippen molar-refractivity contribution in [3.05, 3.63) is 53.3 Å². The maximum atomic E-state index is 13.3. The summed E-state index contributed by atoms with van der Waals surface area (Å²) >= 11 is 0. The van der Waals surface area contributed by atoms with Gasteiger partial charge in [-0.25, -0.2) is 0 Å². The Bertz CT molecular complexity index is 785. The van der Waals surface area contributed by atoms with E-state index >= 15 is 0 Å². The molecule has 5 rings (SSSR count). The maximum Gasteiger partial charge on any atom is 0.257 e. The van der Waals surface area contributed by atoms with Gasteiger partial charge in [-0.1, -0.05) is 37.3 Å². The predicted octanol–water partition coefficient (Wildman–Crippen LogP) is 3.34. The molecular formula is C22H30N4O. The van der Waals surface area contributed by atoms with Crippen LogP contribution in [-0.4, -0.2) is 51.2 Å². The van der Waals surface area contributed by atoms with E-state index in [1.807, 2.05) is 11.6 Å². The Kier molecular flexibility index (Phi) is 5.30. The van der Waals surface area contributed by atoms with Crippen molar-refractivity contribution in [2.75, 3.05) is 19.6 Å². The number of hydrogen-bond acceptors (Lipinski definition) is 3. The summed E-state index contributed by atoms with van der Waals surface area (Å²) in [4.78, 5) is 18.0. The predicted molar refractivity (Wildman–Crippen MR) is 107 cm³/mol. The van der Waals surface area contributed by atoms with Gasteiger partial charge < -0.3 is 4.90 Å². The number of fused-ring (bicyclic) bond motifs is 4. The smallest absolute Gasteiger partial charge is 0.257 e. The first kappa shape index (κ1) is 18.2. The van der Waals surface area contributed by atoms with Gasteiger partial charge in [-0.3, -0.25) is 14.4 Å². The highest BCUT2D eigenvalue weighted by Gasteiger charge is 2.38. The van der Waals surface area contributed by atoms with Gasteiger partial charge in [0.15, 0.2) is 0 Å². The molecule has 1 aromatic carbocycles. The standard InChI is InChI=1S/C22H30N4O/c1-3-11-26-17(2)21(12-23-26)22(27)25-15-19-9-10-20(25)16-24(14-19)13-18-7-5-4-6-8-18/h4-8,12,19-20H,3,9-11,13-16H2,1-2H3/t19-,20+/m0/s1. The van der Waals surface area contributed by atoms with Crippen molar-refractivity contribution in [2.45, 2.75) is 52.2 Å². The number of piperidine rings is 1. The van der Waals surface area contributed by atoms with Gasteiger partial charge in [0.1, 0.15) is 0 Å². The molecule has 1 aromatic heterocycles. The Labute approximate surface area is 162 Å². The third kappa shape index (κ3) is 3.79. The summed E-state index contributed by atoms with van der Waals surface area (Å²) in [6.07, 6.45) is 5.14. The summed E-state index contributed by atoms with van der Waals surface area (Å²) in [7, 11) is 0. The number of carbonyl (C=O) groups excluding carboxylic acids is 1. The highest BCUT2D eigenvalue weighted by atomic mass is 16.2. The molecule has 0 N–H and O–H groups in total. The van der Waals surface area contributed by atoms with Crippen LogP contribution < -0.4 is 0 Å². The van der Waals surface area contributed by atoms with E-state index in [1.54, 1.807) is 6.20 Å². The highest BCUT2D eigenvalue weighted by molar-refractivity contribution is 5.95. The Morgan fingerprint density at radius 2 is 1.96 bits per heavy atom. The number of carbonyl (C=O) groups is 1. The number of amides is 1. The summed E-state index contributed by atoms with van der Waals surface area (Å²) in [6, 6.07) is 11.0. The van der Waals surface area contributed by atoms with E-state index in [0.717, 1.165) is 56.8 Å². The fraction of sp³-hybridized carbons (Fsp3) is 0.545. The Balaban J connectivity index is 1.49. The average Bonchev–Trinajstić information content (AvgIpc) is 2.84. The molecule has 3 saturated heterocycles. The SMILES string of the molecule is CCCn1ncc(C(=O)N2C[C@H]3CC[C@@H]2CN(Cc2ccccc2)C3)c1C. The van der Waals surface area contributed by atoms with Crippen molar-refractivity contribution < 1.29 is 4.79 Å². The summed E-state index contributed by atoms with van der Waals surface area (Å²) in [5.74, 6) is 0.744. The monoisotopic (exact) mass is 366 g/mol. The van der Waals surface area contributed by atoms with Gasteiger partial charge >= 0.3 is 0 Å². The summed E-state index contributed by atoms with van der Waals surface area (Å²) in [5, 5.41) is 4.44. The number of benzene rings is 1. The molecule has 0 aliphatic carbocycles. The minimum atomic E-state index is 0.172. The number of aromatic nitrogens is 2. The van der Waals surface area contributed by atoms with Crippen LogP contribution in [0.3, 0.4) is 0 Å². The minimum Gasteiger partial charge on any atom is -0.334 e. The van der Waals surface area contributed by atoms with Crippen LogP contribution in [0.5, 0.6) is 0 Å². The van der Waals surface area contributed by atoms with Crippen LogP contribution in [0, 0.1) is 12.8 Å². The van der Waals surface area contributed by atoms with E-state index < -0.39 is 0 Å². The van der Waals surface area contributed by atoms with Crippen LogP contribution >= 0.6 is 0 Å². The van der Waals surface area contributed by atoms with Crippen molar-refractivity contribution in [2.24, 2.45) is 5.92 Å². The van der Waals surface area contributed by atoms with Crippen molar-refractivity contribution in [1.29, 1.82) is 0 Å². The lowest BCUT2D eigenvalue weighted by molar-refractivity contribution is 0.0584. The number of rotatable bonds is 5. The molecule has 3 fully saturated rings. The van der Waals surface area contributed by atoms with Crippen molar-refractivity contribution in [3.63, 3.8) is 0 Å². The molecule has 3 aliphatic rings. The van der Waals surface area contributed by atoms with Crippen LogP contribution in [0.4, 0.5) is 0 Å². The van der Waals surface area contributed by atoms with Crippen LogP contribution in [0.15, 0.2) is 36.5 Å². The molecule has 2 atom stereocenters. The van der Waals surface area contributed by atoms with Crippen molar-refractivity contribution in [3.8, 4) is 0 Å². The molecule has 0 spiro atoms. The molecule has 4 heterocycles. The van der Waals surface area contributed by atoms with E-state index in [0.29, 0.717) is 12.0 Å². The summed E-state index contributed by atoms with van der Waals surface area (Å²) < 4.78 is 1.96. The molecule has 3 aliphatic heterocycles. The fourth-order valence-electron chi connectivity index (χ4n) is 4.65. The van der Waals surface area contributed by atoms with E-state index in [1.165, 1.54) is 12.0 Å². The normalized spacial score (nSPS) is 22.8. The molecule has 5 nitrogen and oxygen atoms in total. The maximum absolute atomic E-state index is 13.3. The molecule has 1 amide bonds. The average molecular weight is 367 g/mol. The number of aryl methyl sites for hydroxylation is 1. The van der Waals surface area contributed by atoms with Crippen molar-refractivity contribution >= 4 is 5.91 Å². The van der Waals surface area contributed by atoms with Gasteiger partial charge in [0.25, 0.3) is 5.91 Å². The first-order chi connectivity index (χ1) is 13.2. The molecule has 2 aromatic rings. The Morgan fingerprint density at radius 1 is 1.15 bits per heavy atom. The van der Waals surface area contributed by atoms with Crippen molar-refractivity contribution in [1.82, 2.24) is 19.6 Å². The van der Waals surface area contributed by atoms with Gasteiger partial charge in [0, 0.05) is 44.5 Å². The molecule has 144 valence electrons. The third-order valence-corrected chi connectivity index (χ3v) is 6.07. The van der Waals surface area contributed by atoms with Crippen LogP contribution in [0.1, 0.15) is 47.8 Å². The van der Waals surface area contributed by atoms with E-state index in [-0.39, 0.29) is 5.91 Å². The second-order valence-corrected chi connectivity index (χ2v) is 8.10. The largest absolute Gasteiger partial charge is 0.334 e. The first-order valence-electron chi connectivity index (χ1n) is 10.3. The molecule has 0 radical (unpaired) electrons. The first-order valence-corrected chi connectivity index (χ1v) is 10.3. The lowest BCUT2D eigenvalue weighted by Crippen LogP contribution is -2.47. The lowest BCUT2D eigenvalue weighted by Gasteiger charge is -2.36. The second-order valence-electron chi connectivity index (χ2n) is 8.10. The second kappa shape index (κ2) is 7.85. The quantitative estimate of drug-likeness (QED) is 0.815. The molecule has 0 saturated carbocycles. The molecule has 27 heavy (non-hydrogen) atoms. The van der Waals surface area contributed by atoms with Gasteiger partial charge in [0.2, 0.25) is 0 Å². The van der Waals surface area contributed by atoms with Gasteiger partial charge in [-0.05, 0) is 37.7 Å². The zero-order valence-electron chi connectivity index (χ0n) is 16.5. The third-order valence-electron chi connectivity index (χ3n) is 6.07. The van der Waals surface area contributed by atoms with E-state index in [9.17, 15) is 4.79 Å². The molecular weight excluding hydrogens is 336 g/mol. The minimum absolute atomic E-state index is 0.172. The highest BCUT2D eigenvalue weighted by Crippen LogP contribution is 2.30. The molecule has 2 bridgehead atoms. The number of nitrogens with zero attached hydrogens (tertiary/aromatic N) is 4.